The highest BCUT2D eigenvalue weighted by Gasteiger charge is 2.23. The molecule has 5 nitrogen and oxygen atoms in total. The minimum absolute atomic E-state index is 0.0564. The summed E-state index contributed by atoms with van der Waals surface area (Å²) in [5.41, 5.74) is 1.63. The molecule has 1 aromatic rings. The summed E-state index contributed by atoms with van der Waals surface area (Å²) in [6, 6.07) is 3.71. The van der Waals surface area contributed by atoms with E-state index in [2.05, 4.69) is 24.1 Å². The molecule has 2 heterocycles. The maximum Gasteiger partial charge on any atom is 0.254 e. The smallest absolute Gasteiger partial charge is 0.254 e. The average Bonchev–Trinajstić information content (AvgIpc) is 2.45. The summed E-state index contributed by atoms with van der Waals surface area (Å²) in [6.45, 7) is 8.04. The van der Waals surface area contributed by atoms with Crippen LogP contribution in [0.25, 0.3) is 0 Å². The maximum absolute atomic E-state index is 12.6. The summed E-state index contributed by atoms with van der Waals surface area (Å²) in [5, 5.41) is 3.02. The third kappa shape index (κ3) is 3.28. The lowest BCUT2D eigenvalue weighted by atomic mass is 10.1. The van der Waals surface area contributed by atoms with E-state index in [1.165, 1.54) is 0 Å². The number of hydrogen-bond acceptors (Lipinski definition) is 4. The van der Waals surface area contributed by atoms with Crippen LogP contribution in [-0.2, 0) is 4.74 Å². The van der Waals surface area contributed by atoms with Gasteiger partial charge in [-0.15, -0.1) is 0 Å². The second-order valence-electron chi connectivity index (χ2n) is 5.50. The summed E-state index contributed by atoms with van der Waals surface area (Å²) in [4.78, 5) is 18.9. The zero-order valence-electron chi connectivity index (χ0n) is 12.6. The molecule has 0 radical (unpaired) electrons. The van der Waals surface area contributed by atoms with E-state index in [0.29, 0.717) is 31.2 Å². The Morgan fingerprint density at radius 1 is 1.50 bits per heavy atom. The van der Waals surface area contributed by atoms with E-state index in [9.17, 15) is 4.79 Å². The molecule has 0 spiro atoms. The van der Waals surface area contributed by atoms with E-state index in [4.69, 9.17) is 4.74 Å². The first-order valence-electron chi connectivity index (χ1n) is 7.12. The summed E-state index contributed by atoms with van der Waals surface area (Å²) in [6.07, 6.45) is 0.0999. The lowest BCUT2D eigenvalue weighted by molar-refractivity contribution is -0.0124. The third-order valence-corrected chi connectivity index (χ3v) is 3.47. The Balaban J connectivity index is 2.26. The van der Waals surface area contributed by atoms with E-state index in [-0.39, 0.29) is 12.0 Å². The van der Waals surface area contributed by atoms with Gasteiger partial charge in [0.2, 0.25) is 0 Å². The molecule has 110 valence electrons. The Kier molecular flexibility index (Phi) is 4.60. The molecule has 1 saturated heterocycles. The summed E-state index contributed by atoms with van der Waals surface area (Å²) < 4.78 is 5.48. The number of aromatic nitrogens is 1. The fourth-order valence-corrected chi connectivity index (χ4v) is 2.28. The number of nitrogens with one attached hydrogen (secondary N) is 1. The Morgan fingerprint density at radius 2 is 2.25 bits per heavy atom. The van der Waals surface area contributed by atoms with Crippen LogP contribution < -0.4 is 5.32 Å². The van der Waals surface area contributed by atoms with Crippen LogP contribution in [0.5, 0.6) is 0 Å². The fraction of sp³-hybridized carbons (Fsp3) is 0.600. The zero-order chi connectivity index (χ0) is 14.7. The van der Waals surface area contributed by atoms with Gasteiger partial charge in [0, 0.05) is 31.4 Å². The minimum atomic E-state index is 0.0564. The Bertz CT molecular complexity index is 488. The molecule has 0 bridgehead atoms. The quantitative estimate of drug-likeness (QED) is 0.919. The molecule has 1 aromatic heterocycles. The van der Waals surface area contributed by atoms with Crippen LogP contribution in [0.4, 0.5) is 5.82 Å². The van der Waals surface area contributed by atoms with Crippen LogP contribution in [0.15, 0.2) is 12.1 Å². The standard InChI is InChI=1S/C15H23N3O2/c1-10(2)13-7-12(8-14(16-4)17-13)15(19)18-5-6-20-11(3)9-18/h7-8,10-11H,5-6,9H2,1-4H3,(H,16,17). The second kappa shape index (κ2) is 6.22. The van der Waals surface area contributed by atoms with E-state index in [1.54, 1.807) is 0 Å². The van der Waals surface area contributed by atoms with Crippen LogP contribution in [0, 0.1) is 0 Å². The van der Waals surface area contributed by atoms with Crippen LogP contribution in [0.1, 0.15) is 42.7 Å². The third-order valence-electron chi connectivity index (χ3n) is 3.47. The van der Waals surface area contributed by atoms with Gasteiger partial charge in [-0.1, -0.05) is 13.8 Å². The van der Waals surface area contributed by atoms with Crippen molar-refractivity contribution in [3.05, 3.63) is 23.4 Å². The zero-order valence-corrected chi connectivity index (χ0v) is 12.6. The van der Waals surface area contributed by atoms with E-state index >= 15 is 0 Å². The molecule has 1 atom stereocenters. The number of carbonyl (C=O) groups is 1. The molecule has 5 heteroatoms. The molecule has 0 aliphatic carbocycles. The molecule has 1 aliphatic heterocycles. The van der Waals surface area contributed by atoms with Gasteiger partial charge in [0.25, 0.3) is 5.91 Å². The molecule has 0 aromatic carbocycles. The van der Waals surface area contributed by atoms with E-state index in [1.807, 2.05) is 31.0 Å². The van der Waals surface area contributed by atoms with Crippen LogP contribution in [0.3, 0.4) is 0 Å². The number of anilines is 1. The number of ether oxygens (including phenoxy) is 1. The number of pyridine rings is 1. The molecule has 1 amide bonds. The number of carbonyl (C=O) groups excluding carboxylic acids is 1. The highest BCUT2D eigenvalue weighted by molar-refractivity contribution is 5.95. The highest BCUT2D eigenvalue weighted by Crippen LogP contribution is 2.19. The molecular formula is C15H23N3O2. The van der Waals surface area contributed by atoms with Gasteiger partial charge in [0.15, 0.2) is 0 Å². The topological polar surface area (TPSA) is 54.5 Å². The molecule has 1 N–H and O–H groups in total. The van der Waals surface area contributed by atoms with Gasteiger partial charge in [0.1, 0.15) is 5.82 Å². The first-order chi connectivity index (χ1) is 9.51. The molecule has 2 rings (SSSR count). The predicted octanol–water partition coefficient (Wildman–Crippen LogP) is 2.11. The number of rotatable bonds is 3. The van der Waals surface area contributed by atoms with Crippen molar-refractivity contribution in [1.82, 2.24) is 9.88 Å². The summed E-state index contributed by atoms with van der Waals surface area (Å²) in [7, 11) is 1.82. The van der Waals surface area contributed by atoms with Gasteiger partial charge >= 0.3 is 0 Å². The average molecular weight is 277 g/mol. The number of hydrogen-bond donors (Lipinski definition) is 1. The minimum Gasteiger partial charge on any atom is -0.375 e. The summed E-state index contributed by atoms with van der Waals surface area (Å²) in [5.74, 6) is 1.08. The van der Waals surface area contributed by atoms with Gasteiger partial charge < -0.3 is 15.0 Å². The molecule has 1 aliphatic rings. The van der Waals surface area contributed by atoms with Crippen molar-refractivity contribution in [2.45, 2.75) is 32.8 Å². The van der Waals surface area contributed by atoms with E-state index < -0.39 is 0 Å². The lowest BCUT2D eigenvalue weighted by Gasteiger charge is -2.31. The Hall–Kier alpha value is -1.62. The first kappa shape index (κ1) is 14.8. The molecular weight excluding hydrogens is 254 g/mol. The number of morpholine rings is 1. The van der Waals surface area contributed by atoms with Crippen molar-refractivity contribution in [3.63, 3.8) is 0 Å². The largest absolute Gasteiger partial charge is 0.375 e. The normalized spacial score (nSPS) is 19.2. The van der Waals surface area contributed by atoms with Gasteiger partial charge in [-0.3, -0.25) is 4.79 Å². The van der Waals surface area contributed by atoms with Crippen molar-refractivity contribution >= 4 is 11.7 Å². The van der Waals surface area contributed by atoms with Crippen LogP contribution >= 0.6 is 0 Å². The van der Waals surface area contributed by atoms with Gasteiger partial charge in [0.05, 0.1) is 12.7 Å². The molecule has 1 unspecified atom stereocenters. The van der Waals surface area contributed by atoms with Crippen molar-refractivity contribution in [2.24, 2.45) is 0 Å². The van der Waals surface area contributed by atoms with Crippen LogP contribution in [-0.4, -0.2) is 48.6 Å². The van der Waals surface area contributed by atoms with E-state index in [0.717, 1.165) is 11.5 Å². The molecule has 0 saturated carbocycles. The van der Waals surface area contributed by atoms with Gasteiger partial charge in [-0.05, 0) is 25.0 Å². The Labute approximate surface area is 120 Å². The second-order valence-corrected chi connectivity index (χ2v) is 5.50. The van der Waals surface area contributed by atoms with Crippen molar-refractivity contribution in [3.8, 4) is 0 Å². The first-order valence-corrected chi connectivity index (χ1v) is 7.12. The lowest BCUT2D eigenvalue weighted by Crippen LogP contribution is -2.44. The van der Waals surface area contributed by atoms with Crippen molar-refractivity contribution < 1.29 is 9.53 Å². The van der Waals surface area contributed by atoms with Gasteiger partial charge in [-0.25, -0.2) is 4.98 Å². The fourth-order valence-electron chi connectivity index (χ4n) is 2.28. The Morgan fingerprint density at radius 3 is 2.85 bits per heavy atom. The monoisotopic (exact) mass is 277 g/mol. The van der Waals surface area contributed by atoms with Gasteiger partial charge in [-0.2, -0.15) is 0 Å². The highest BCUT2D eigenvalue weighted by atomic mass is 16.5. The molecule has 20 heavy (non-hydrogen) atoms. The summed E-state index contributed by atoms with van der Waals surface area (Å²) >= 11 is 0. The number of amides is 1. The van der Waals surface area contributed by atoms with Crippen molar-refractivity contribution in [2.75, 3.05) is 32.1 Å². The molecule has 1 fully saturated rings. The SMILES string of the molecule is CNc1cc(C(=O)N2CCOC(C)C2)cc(C(C)C)n1. The maximum atomic E-state index is 12.6. The number of nitrogens with zero attached hydrogens (tertiary/aromatic N) is 2. The van der Waals surface area contributed by atoms with Crippen LogP contribution in [0.2, 0.25) is 0 Å². The van der Waals surface area contributed by atoms with Crippen molar-refractivity contribution in [1.29, 1.82) is 0 Å². The predicted molar refractivity (Wildman–Crippen MR) is 79.2 cm³/mol.